The minimum atomic E-state index is -0.477. The molecule has 0 aliphatic rings. The Morgan fingerprint density at radius 2 is 1.62 bits per heavy atom. The van der Waals surface area contributed by atoms with E-state index in [4.69, 9.17) is 26.4 Å². The van der Waals surface area contributed by atoms with Crippen LogP contribution in [-0.4, -0.2) is 37.3 Å². The monoisotopic (exact) mass is 481 g/mol. The number of methoxy groups -OCH3 is 1. The zero-order chi connectivity index (χ0) is 21.2. The highest BCUT2D eigenvalue weighted by Gasteiger charge is 2.08. The molecule has 0 unspecified atom stereocenters. The number of carbonyl (C=O) groups excluding carboxylic acids is 2. The van der Waals surface area contributed by atoms with Crippen molar-refractivity contribution >= 4 is 45.1 Å². The summed E-state index contributed by atoms with van der Waals surface area (Å²) in [5.41, 5.74) is 5.66. The predicted molar refractivity (Wildman–Crippen MR) is 115 cm³/mol. The minimum absolute atomic E-state index is 0.0681. The van der Waals surface area contributed by atoms with Gasteiger partial charge in [0.15, 0.2) is 18.3 Å². The Morgan fingerprint density at radius 1 is 0.966 bits per heavy atom. The van der Waals surface area contributed by atoms with E-state index in [1.54, 1.807) is 37.4 Å². The van der Waals surface area contributed by atoms with Crippen LogP contribution in [0, 0.1) is 6.92 Å². The summed E-state index contributed by atoms with van der Waals surface area (Å²) >= 11 is 8.31. The molecule has 29 heavy (non-hydrogen) atoms. The van der Waals surface area contributed by atoms with Crippen molar-refractivity contribution in [2.75, 3.05) is 20.3 Å². The van der Waals surface area contributed by atoms with Crippen molar-refractivity contribution in [3.63, 3.8) is 0 Å². The van der Waals surface area contributed by atoms with E-state index in [9.17, 15) is 9.59 Å². The van der Waals surface area contributed by atoms with Crippen LogP contribution in [0.3, 0.4) is 0 Å². The number of thiocarbonyl (C=S) groups is 1. The van der Waals surface area contributed by atoms with Crippen molar-refractivity contribution < 1.29 is 23.8 Å². The Hall–Kier alpha value is -2.85. The maximum absolute atomic E-state index is 11.8. The molecular weight excluding hydrogens is 462 g/mol. The Balaban J connectivity index is 1.66. The van der Waals surface area contributed by atoms with E-state index >= 15 is 0 Å². The fourth-order valence-electron chi connectivity index (χ4n) is 2.10. The first kappa shape index (κ1) is 22.4. The number of halogens is 1. The van der Waals surface area contributed by atoms with E-state index in [-0.39, 0.29) is 18.3 Å². The van der Waals surface area contributed by atoms with Crippen molar-refractivity contribution in [1.82, 2.24) is 16.2 Å². The molecule has 0 saturated heterocycles. The Kier molecular flexibility index (Phi) is 8.68. The number of hydrogen-bond acceptors (Lipinski definition) is 6. The topological polar surface area (TPSA) is 97.9 Å². The van der Waals surface area contributed by atoms with Crippen LogP contribution in [0.1, 0.15) is 5.56 Å². The molecule has 3 N–H and O–H groups in total. The van der Waals surface area contributed by atoms with Crippen LogP contribution in [0.25, 0.3) is 0 Å². The number of hydrazine groups is 1. The van der Waals surface area contributed by atoms with Gasteiger partial charge in [0, 0.05) is 4.47 Å². The minimum Gasteiger partial charge on any atom is -0.497 e. The molecule has 0 saturated carbocycles. The van der Waals surface area contributed by atoms with Gasteiger partial charge < -0.3 is 14.2 Å². The van der Waals surface area contributed by atoms with Gasteiger partial charge in [-0.3, -0.25) is 25.8 Å². The smallest absolute Gasteiger partial charge is 0.276 e. The lowest BCUT2D eigenvalue weighted by molar-refractivity contribution is -0.124. The molecular formula is C19H20BrN3O5S. The van der Waals surface area contributed by atoms with Gasteiger partial charge in [0.2, 0.25) is 0 Å². The predicted octanol–water partition coefficient (Wildman–Crippen LogP) is 2.25. The maximum atomic E-state index is 11.8. The van der Waals surface area contributed by atoms with E-state index < -0.39 is 11.8 Å². The number of benzene rings is 2. The standard InChI is InChI=1S/C19H20BrN3O5S/c1-12-9-13(20)3-8-16(12)28-11-18(25)22-23-19(29)21-17(24)10-27-15-6-4-14(26-2)5-7-15/h3-9H,10-11H2,1-2H3,(H,22,25)(H2,21,23,24,29). The average molecular weight is 482 g/mol. The molecule has 0 spiro atoms. The molecule has 0 aromatic heterocycles. The molecule has 8 nitrogen and oxygen atoms in total. The number of aryl methyl sites for hydroxylation is 1. The first-order valence-electron chi connectivity index (χ1n) is 8.42. The first-order chi connectivity index (χ1) is 13.9. The van der Waals surface area contributed by atoms with Crippen LogP contribution in [-0.2, 0) is 9.59 Å². The highest BCUT2D eigenvalue weighted by Crippen LogP contribution is 2.22. The maximum Gasteiger partial charge on any atom is 0.276 e. The molecule has 2 aromatic rings. The molecule has 0 aliphatic heterocycles. The van der Waals surface area contributed by atoms with Gasteiger partial charge in [0.25, 0.3) is 11.8 Å². The van der Waals surface area contributed by atoms with Crippen molar-refractivity contribution in [3.8, 4) is 17.2 Å². The number of ether oxygens (including phenoxy) is 3. The highest BCUT2D eigenvalue weighted by atomic mass is 79.9. The van der Waals surface area contributed by atoms with E-state index in [2.05, 4.69) is 32.1 Å². The first-order valence-corrected chi connectivity index (χ1v) is 9.62. The second-order valence-corrected chi connectivity index (χ2v) is 7.04. The lowest BCUT2D eigenvalue weighted by atomic mass is 10.2. The summed E-state index contributed by atoms with van der Waals surface area (Å²) in [5.74, 6) is 0.846. The number of amides is 2. The second-order valence-electron chi connectivity index (χ2n) is 5.71. The van der Waals surface area contributed by atoms with Crippen molar-refractivity contribution in [2.24, 2.45) is 0 Å². The molecule has 0 heterocycles. The Bertz CT molecular complexity index is 877. The average Bonchev–Trinajstić information content (AvgIpc) is 2.70. The van der Waals surface area contributed by atoms with Gasteiger partial charge >= 0.3 is 0 Å². The van der Waals surface area contributed by atoms with Gasteiger partial charge in [-0.15, -0.1) is 0 Å². The van der Waals surface area contributed by atoms with Crippen LogP contribution < -0.4 is 30.4 Å². The number of carbonyl (C=O) groups is 2. The van der Waals surface area contributed by atoms with Gasteiger partial charge in [-0.25, -0.2) is 0 Å². The van der Waals surface area contributed by atoms with Crippen LogP contribution in [0.2, 0.25) is 0 Å². The third-order valence-corrected chi connectivity index (χ3v) is 4.19. The van der Waals surface area contributed by atoms with Crippen molar-refractivity contribution in [3.05, 3.63) is 52.5 Å². The molecule has 0 fully saturated rings. The van der Waals surface area contributed by atoms with Gasteiger partial charge in [0.05, 0.1) is 7.11 Å². The van der Waals surface area contributed by atoms with Crippen LogP contribution in [0.4, 0.5) is 0 Å². The number of nitrogens with one attached hydrogen (secondary N) is 3. The molecule has 2 rings (SSSR count). The lowest BCUT2D eigenvalue weighted by Crippen LogP contribution is -2.50. The summed E-state index contributed by atoms with van der Waals surface area (Å²) in [5, 5.41) is 2.32. The molecule has 0 radical (unpaired) electrons. The summed E-state index contributed by atoms with van der Waals surface area (Å²) in [4.78, 5) is 23.7. The molecule has 2 amide bonds. The van der Waals surface area contributed by atoms with E-state index in [1.165, 1.54) is 0 Å². The highest BCUT2D eigenvalue weighted by molar-refractivity contribution is 9.10. The number of rotatable bonds is 7. The molecule has 0 atom stereocenters. The normalized spacial score (nSPS) is 9.90. The summed E-state index contributed by atoms with van der Waals surface area (Å²) < 4.78 is 16.7. The largest absolute Gasteiger partial charge is 0.497 e. The summed E-state index contributed by atoms with van der Waals surface area (Å²) in [6.07, 6.45) is 0. The van der Waals surface area contributed by atoms with E-state index in [1.807, 2.05) is 19.1 Å². The lowest BCUT2D eigenvalue weighted by Gasteiger charge is -2.12. The summed E-state index contributed by atoms with van der Waals surface area (Å²) in [6.45, 7) is 1.41. The van der Waals surface area contributed by atoms with Crippen LogP contribution in [0.5, 0.6) is 17.2 Å². The van der Waals surface area contributed by atoms with Gasteiger partial charge in [-0.2, -0.15) is 0 Å². The SMILES string of the molecule is COc1ccc(OCC(=O)NC(=S)NNC(=O)COc2ccc(Br)cc2C)cc1. The van der Waals surface area contributed by atoms with Gasteiger partial charge in [0.1, 0.15) is 17.2 Å². The third kappa shape index (κ3) is 7.96. The quantitative estimate of drug-likeness (QED) is 0.412. The molecule has 2 aromatic carbocycles. The molecule has 0 bridgehead atoms. The Morgan fingerprint density at radius 3 is 2.28 bits per heavy atom. The zero-order valence-corrected chi connectivity index (χ0v) is 18.2. The summed E-state index contributed by atoms with van der Waals surface area (Å²) in [6, 6.07) is 12.2. The van der Waals surface area contributed by atoms with Gasteiger partial charge in [-0.05, 0) is 67.2 Å². The van der Waals surface area contributed by atoms with Crippen LogP contribution in [0.15, 0.2) is 46.9 Å². The van der Waals surface area contributed by atoms with Crippen molar-refractivity contribution in [2.45, 2.75) is 6.92 Å². The molecule has 154 valence electrons. The summed E-state index contributed by atoms with van der Waals surface area (Å²) in [7, 11) is 1.56. The molecule has 0 aliphatic carbocycles. The fourth-order valence-corrected chi connectivity index (χ4v) is 2.74. The molecule has 10 heteroatoms. The van der Waals surface area contributed by atoms with Crippen molar-refractivity contribution in [1.29, 1.82) is 0 Å². The van der Waals surface area contributed by atoms with Gasteiger partial charge in [-0.1, -0.05) is 15.9 Å². The van der Waals surface area contributed by atoms with Crippen LogP contribution >= 0.6 is 28.1 Å². The zero-order valence-electron chi connectivity index (χ0n) is 15.8. The van der Waals surface area contributed by atoms with E-state index in [0.29, 0.717) is 17.2 Å². The second kappa shape index (κ2) is 11.2. The number of hydrogen-bond donors (Lipinski definition) is 3. The fraction of sp³-hybridized carbons (Fsp3) is 0.211. The Labute approximate surface area is 182 Å². The third-order valence-electron chi connectivity index (χ3n) is 3.49. The van der Waals surface area contributed by atoms with E-state index in [0.717, 1.165) is 10.0 Å².